The van der Waals surface area contributed by atoms with Crippen molar-refractivity contribution in [3.63, 3.8) is 0 Å². The molecule has 1 heterocycles. The van der Waals surface area contributed by atoms with Crippen LogP contribution >= 0.6 is 0 Å². The molecular weight excluding hydrogens is 328 g/mol. The van der Waals surface area contributed by atoms with E-state index in [9.17, 15) is 9.90 Å². The Morgan fingerprint density at radius 1 is 1.38 bits per heavy atom. The van der Waals surface area contributed by atoms with E-state index in [1.807, 2.05) is 0 Å². The SMILES string of the molecule is CCN(CC)CCNC[C@@H]1C(=O)O[C@H]2CC3=CCC[C@H](C)[C@]3(C)[C@H](O)[C@@H]21. The first kappa shape index (κ1) is 19.8. The van der Waals surface area contributed by atoms with Gasteiger partial charge in [-0.15, -0.1) is 0 Å². The van der Waals surface area contributed by atoms with Crippen LogP contribution in [-0.2, 0) is 9.53 Å². The molecule has 1 aliphatic heterocycles. The molecule has 3 aliphatic rings. The molecule has 3 rings (SSSR count). The zero-order valence-electron chi connectivity index (χ0n) is 16.8. The highest BCUT2D eigenvalue weighted by atomic mass is 16.6. The van der Waals surface area contributed by atoms with Gasteiger partial charge in [-0.2, -0.15) is 0 Å². The Hall–Kier alpha value is -0.910. The molecule has 1 saturated heterocycles. The fourth-order valence-electron chi connectivity index (χ4n) is 5.33. The maximum absolute atomic E-state index is 12.5. The summed E-state index contributed by atoms with van der Waals surface area (Å²) in [5.74, 6) is -0.0272. The molecule has 0 aromatic carbocycles. The predicted octanol–water partition coefficient (Wildman–Crippen LogP) is 2.20. The summed E-state index contributed by atoms with van der Waals surface area (Å²) < 4.78 is 5.71. The van der Waals surface area contributed by atoms with Crippen molar-refractivity contribution < 1.29 is 14.6 Å². The van der Waals surface area contributed by atoms with Crippen LogP contribution in [0.4, 0.5) is 0 Å². The van der Waals surface area contributed by atoms with Crippen molar-refractivity contribution in [1.29, 1.82) is 0 Å². The monoisotopic (exact) mass is 364 g/mol. The number of aliphatic hydroxyl groups is 1. The lowest BCUT2D eigenvalue weighted by Crippen LogP contribution is -2.54. The van der Waals surface area contributed by atoms with E-state index < -0.39 is 6.10 Å². The fraction of sp³-hybridized carbons (Fsp3) is 0.857. The van der Waals surface area contributed by atoms with Crippen molar-refractivity contribution in [2.24, 2.45) is 23.2 Å². The molecule has 5 heteroatoms. The summed E-state index contributed by atoms with van der Waals surface area (Å²) in [5.41, 5.74) is 1.08. The van der Waals surface area contributed by atoms with Crippen molar-refractivity contribution in [3.8, 4) is 0 Å². The van der Waals surface area contributed by atoms with E-state index in [-0.39, 0.29) is 29.3 Å². The maximum Gasteiger partial charge on any atom is 0.311 e. The Morgan fingerprint density at radius 3 is 2.81 bits per heavy atom. The van der Waals surface area contributed by atoms with E-state index in [0.29, 0.717) is 12.5 Å². The van der Waals surface area contributed by atoms with Crippen LogP contribution in [-0.4, -0.2) is 60.9 Å². The summed E-state index contributed by atoms with van der Waals surface area (Å²) in [6.45, 7) is 13.3. The van der Waals surface area contributed by atoms with Crippen molar-refractivity contribution in [1.82, 2.24) is 10.2 Å². The van der Waals surface area contributed by atoms with Crippen LogP contribution in [0.1, 0.15) is 47.0 Å². The quantitative estimate of drug-likeness (QED) is 0.412. The topological polar surface area (TPSA) is 61.8 Å². The smallest absolute Gasteiger partial charge is 0.311 e. The van der Waals surface area contributed by atoms with Crippen LogP contribution in [0.2, 0.25) is 0 Å². The minimum atomic E-state index is -0.510. The van der Waals surface area contributed by atoms with Gasteiger partial charge < -0.3 is 20.1 Å². The van der Waals surface area contributed by atoms with E-state index in [1.54, 1.807) is 0 Å². The molecule has 0 spiro atoms. The molecule has 6 atom stereocenters. The average Bonchev–Trinajstić information content (AvgIpc) is 2.93. The molecule has 0 unspecified atom stereocenters. The third-order valence-electron chi connectivity index (χ3n) is 7.43. The Kier molecular flexibility index (Phi) is 6.10. The zero-order valence-corrected chi connectivity index (χ0v) is 16.8. The van der Waals surface area contributed by atoms with Gasteiger partial charge in [-0.05, 0) is 31.8 Å². The lowest BCUT2D eigenvalue weighted by molar-refractivity contribution is -0.144. The summed E-state index contributed by atoms with van der Waals surface area (Å²) in [6.07, 6.45) is 4.59. The number of nitrogens with zero attached hydrogens (tertiary/aromatic N) is 1. The number of likely N-dealkylation sites (N-methyl/N-ethyl adjacent to an activating group) is 1. The molecule has 0 aromatic rings. The van der Waals surface area contributed by atoms with Gasteiger partial charge in [-0.1, -0.05) is 39.3 Å². The highest BCUT2D eigenvalue weighted by Crippen LogP contribution is 2.55. The maximum atomic E-state index is 12.5. The van der Waals surface area contributed by atoms with Gasteiger partial charge in [0.05, 0.1) is 12.0 Å². The molecule has 0 radical (unpaired) electrons. The Balaban J connectivity index is 1.67. The number of hydrogen-bond acceptors (Lipinski definition) is 5. The van der Waals surface area contributed by atoms with E-state index in [0.717, 1.165) is 45.4 Å². The summed E-state index contributed by atoms with van der Waals surface area (Å²) in [5, 5.41) is 14.7. The number of esters is 1. The minimum Gasteiger partial charge on any atom is -0.461 e. The molecule has 0 bridgehead atoms. The Morgan fingerprint density at radius 2 is 2.12 bits per heavy atom. The van der Waals surface area contributed by atoms with Crippen LogP contribution in [0, 0.1) is 23.2 Å². The minimum absolute atomic E-state index is 0.0915. The van der Waals surface area contributed by atoms with Gasteiger partial charge in [0.15, 0.2) is 0 Å². The van der Waals surface area contributed by atoms with Gasteiger partial charge in [-0.25, -0.2) is 0 Å². The number of allylic oxidation sites excluding steroid dienone is 1. The number of carbonyl (C=O) groups excluding carboxylic acids is 1. The van der Waals surface area contributed by atoms with Gasteiger partial charge in [0.2, 0.25) is 0 Å². The molecule has 2 fully saturated rings. The molecule has 2 N–H and O–H groups in total. The second-order valence-corrected chi connectivity index (χ2v) is 8.53. The Labute approximate surface area is 158 Å². The molecule has 148 valence electrons. The van der Waals surface area contributed by atoms with Gasteiger partial charge in [0.1, 0.15) is 6.10 Å². The van der Waals surface area contributed by atoms with Crippen LogP contribution in [0.15, 0.2) is 11.6 Å². The van der Waals surface area contributed by atoms with Crippen LogP contribution < -0.4 is 5.32 Å². The van der Waals surface area contributed by atoms with E-state index in [4.69, 9.17) is 4.74 Å². The molecule has 5 nitrogen and oxygen atoms in total. The molecule has 0 aromatic heterocycles. The second-order valence-electron chi connectivity index (χ2n) is 8.53. The Bertz CT molecular complexity index is 545. The van der Waals surface area contributed by atoms with Crippen molar-refractivity contribution in [2.45, 2.75) is 59.2 Å². The summed E-state index contributed by atoms with van der Waals surface area (Å²) in [4.78, 5) is 14.9. The van der Waals surface area contributed by atoms with Gasteiger partial charge in [0, 0.05) is 37.4 Å². The first-order valence-electron chi connectivity index (χ1n) is 10.4. The molecule has 1 saturated carbocycles. The summed E-state index contributed by atoms with van der Waals surface area (Å²) >= 11 is 0. The standard InChI is InChI=1S/C21H36N2O3/c1-5-23(6-2)11-10-22-13-16-18-17(26-20(16)25)12-15-9-7-8-14(3)21(15,4)19(18)24/h9,14,16-19,22,24H,5-8,10-13H2,1-4H3/t14-,16-,17-,18+,19+,21-/m0/s1. The number of aliphatic hydroxyl groups excluding tert-OH is 1. The largest absolute Gasteiger partial charge is 0.461 e. The second kappa shape index (κ2) is 7.99. The lowest BCUT2D eigenvalue weighted by atomic mass is 9.55. The summed E-state index contributed by atoms with van der Waals surface area (Å²) in [7, 11) is 0. The van der Waals surface area contributed by atoms with Crippen LogP contribution in [0.5, 0.6) is 0 Å². The van der Waals surface area contributed by atoms with Gasteiger partial charge >= 0.3 is 5.97 Å². The van der Waals surface area contributed by atoms with Crippen LogP contribution in [0.25, 0.3) is 0 Å². The molecular formula is C21H36N2O3. The van der Waals surface area contributed by atoms with Crippen molar-refractivity contribution in [3.05, 3.63) is 11.6 Å². The number of fused-ring (bicyclic) bond motifs is 2. The normalized spacial score (nSPS) is 39.4. The number of nitrogens with one attached hydrogen (secondary N) is 1. The number of hydrogen-bond donors (Lipinski definition) is 2. The van der Waals surface area contributed by atoms with Crippen molar-refractivity contribution >= 4 is 5.97 Å². The van der Waals surface area contributed by atoms with Gasteiger partial charge in [-0.3, -0.25) is 4.79 Å². The average molecular weight is 365 g/mol. The van der Waals surface area contributed by atoms with Crippen LogP contribution in [0.3, 0.4) is 0 Å². The number of rotatable bonds is 7. The van der Waals surface area contributed by atoms with E-state index in [2.05, 4.69) is 44.0 Å². The lowest BCUT2D eigenvalue weighted by Gasteiger charge is -2.51. The van der Waals surface area contributed by atoms with Crippen molar-refractivity contribution in [2.75, 3.05) is 32.7 Å². The first-order valence-corrected chi connectivity index (χ1v) is 10.4. The zero-order chi connectivity index (χ0) is 18.9. The molecule has 0 amide bonds. The molecule has 2 aliphatic carbocycles. The summed E-state index contributed by atoms with van der Waals surface area (Å²) in [6, 6.07) is 0. The van der Waals surface area contributed by atoms with E-state index in [1.165, 1.54) is 5.57 Å². The molecule has 26 heavy (non-hydrogen) atoms. The number of ether oxygens (including phenoxy) is 1. The van der Waals surface area contributed by atoms with Gasteiger partial charge in [0.25, 0.3) is 0 Å². The first-order chi connectivity index (χ1) is 12.4. The highest BCUT2D eigenvalue weighted by molar-refractivity contribution is 5.76. The predicted molar refractivity (Wildman–Crippen MR) is 103 cm³/mol. The third kappa shape index (κ3) is 3.34. The third-order valence-corrected chi connectivity index (χ3v) is 7.43. The fourth-order valence-corrected chi connectivity index (χ4v) is 5.33. The van der Waals surface area contributed by atoms with E-state index >= 15 is 0 Å². The number of carbonyl (C=O) groups is 1. The highest BCUT2D eigenvalue weighted by Gasteiger charge is 2.59.